The second kappa shape index (κ2) is 7.97. The van der Waals surface area contributed by atoms with E-state index < -0.39 is 0 Å². The highest BCUT2D eigenvalue weighted by Crippen LogP contribution is 2.06. The zero-order valence-corrected chi connectivity index (χ0v) is 13.1. The van der Waals surface area contributed by atoms with Crippen LogP contribution in [0, 0.1) is 5.92 Å². The van der Waals surface area contributed by atoms with Crippen LogP contribution >= 0.6 is 0 Å². The van der Waals surface area contributed by atoms with Crippen molar-refractivity contribution < 1.29 is 14.4 Å². The lowest BCUT2D eigenvalue weighted by Gasteiger charge is -2.22. The van der Waals surface area contributed by atoms with Crippen molar-refractivity contribution in [2.75, 3.05) is 26.7 Å². The van der Waals surface area contributed by atoms with E-state index in [0.717, 1.165) is 11.3 Å². The van der Waals surface area contributed by atoms with Crippen LogP contribution in [0.2, 0.25) is 0 Å². The summed E-state index contributed by atoms with van der Waals surface area (Å²) in [5.41, 5.74) is 5.95. The fourth-order valence-corrected chi connectivity index (χ4v) is 2.06. The molecule has 0 aromatic heterocycles. The maximum Gasteiger partial charge on any atom is 0.324 e. The second-order valence-electron chi connectivity index (χ2n) is 5.82. The number of carbonyl (C=O) groups is 3. The quantitative estimate of drug-likeness (QED) is 0.624. The standard InChI is InChI=1S/C14H26N4O3/c1-10(2)11(15)6-8-17(3)12(19)5-4-7-18-13(20)9-16-14(18)21/h10-11H,4-9,15H2,1-3H3,(H,16,21). The van der Waals surface area contributed by atoms with Crippen LogP contribution in [0.1, 0.15) is 33.1 Å². The van der Waals surface area contributed by atoms with Gasteiger partial charge in [0.2, 0.25) is 11.8 Å². The summed E-state index contributed by atoms with van der Waals surface area (Å²) in [6.45, 7) is 5.09. The molecule has 1 saturated heterocycles. The minimum Gasteiger partial charge on any atom is -0.346 e. The molecule has 7 nitrogen and oxygen atoms in total. The van der Waals surface area contributed by atoms with E-state index in [1.54, 1.807) is 11.9 Å². The molecule has 1 heterocycles. The third kappa shape index (κ3) is 5.34. The Morgan fingerprint density at radius 1 is 1.43 bits per heavy atom. The molecule has 21 heavy (non-hydrogen) atoms. The Morgan fingerprint density at radius 2 is 2.10 bits per heavy atom. The van der Waals surface area contributed by atoms with Gasteiger partial charge in [0.1, 0.15) is 0 Å². The molecule has 1 unspecified atom stereocenters. The molecule has 0 bridgehead atoms. The molecular weight excluding hydrogens is 272 g/mol. The monoisotopic (exact) mass is 298 g/mol. The minimum absolute atomic E-state index is 0.0120. The molecule has 1 aliphatic heterocycles. The topological polar surface area (TPSA) is 95.7 Å². The van der Waals surface area contributed by atoms with Crippen molar-refractivity contribution in [1.82, 2.24) is 15.1 Å². The minimum atomic E-state index is -0.372. The van der Waals surface area contributed by atoms with Gasteiger partial charge < -0.3 is 16.0 Å². The molecule has 1 aliphatic rings. The van der Waals surface area contributed by atoms with E-state index in [1.807, 2.05) is 0 Å². The maximum absolute atomic E-state index is 11.9. The molecule has 7 heteroatoms. The number of nitrogens with one attached hydrogen (secondary N) is 1. The summed E-state index contributed by atoms with van der Waals surface area (Å²) in [5.74, 6) is 0.176. The zero-order valence-electron chi connectivity index (χ0n) is 13.1. The molecule has 0 radical (unpaired) electrons. The number of amides is 4. The van der Waals surface area contributed by atoms with Gasteiger partial charge in [0.25, 0.3) is 0 Å². The maximum atomic E-state index is 11.9. The molecule has 120 valence electrons. The number of hydrogen-bond donors (Lipinski definition) is 2. The average Bonchev–Trinajstić information content (AvgIpc) is 2.75. The number of hydrogen-bond acceptors (Lipinski definition) is 4. The molecular formula is C14H26N4O3. The Morgan fingerprint density at radius 3 is 2.62 bits per heavy atom. The van der Waals surface area contributed by atoms with Crippen LogP contribution in [0.5, 0.6) is 0 Å². The van der Waals surface area contributed by atoms with Gasteiger partial charge >= 0.3 is 6.03 Å². The molecule has 0 aromatic rings. The van der Waals surface area contributed by atoms with E-state index in [0.29, 0.717) is 25.3 Å². The summed E-state index contributed by atoms with van der Waals surface area (Å²) in [6.07, 6.45) is 1.58. The van der Waals surface area contributed by atoms with Crippen molar-refractivity contribution in [3.05, 3.63) is 0 Å². The van der Waals surface area contributed by atoms with Crippen LogP contribution in [0.15, 0.2) is 0 Å². The van der Waals surface area contributed by atoms with Gasteiger partial charge in [-0.25, -0.2) is 4.79 Å². The second-order valence-corrected chi connectivity index (χ2v) is 5.82. The highest BCUT2D eigenvalue weighted by atomic mass is 16.2. The molecule has 3 N–H and O–H groups in total. The van der Waals surface area contributed by atoms with Gasteiger partial charge in [0.15, 0.2) is 0 Å². The first-order valence-electron chi connectivity index (χ1n) is 7.40. The first-order chi connectivity index (χ1) is 9.82. The fourth-order valence-electron chi connectivity index (χ4n) is 2.06. The van der Waals surface area contributed by atoms with Gasteiger partial charge in [0, 0.05) is 32.6 Å². The third-order valence-corrected chi connectivity index (χ3v) is 3.79. The predicted molar refractivity (Wildman–Crippen MR) is 79.4 cm³/mol. The lowest BCUT2D eigenvalue weighted by Crippen LogP contribution is -2.35. The first-order valence-corrected chi connectivity index (χ1v) is 7.40. The van der Waals surface area contributed by atoms with Gasteiger partial charge in [-0.3, -0.25) is 14.5 Å². The molecule has 0 aliphatic carbocycles. The highest BCUT2D eigenvalue weighted by Gasteiger charge is 2.27. The fraction of sp³-hybridized carbons (Fsp3) is 0.786. The van der Waals surface area contributed by atoms with Crippen molar-refractivity contribution in [2.24, 2.45) is 11.7 Å². The number of rotatable bonds is 8. The molecule has 0 saturated carbocycles. The smallest absolute Gasteiger partial charge is 0.324 e. The normalized spacial score (nSPS) is 16.3. The lowest BCUT2D eigenvalue weighted by molar-refractivity contribution is -0.131. The third-order valence-electron chi connectivity index (χ3n) is 3.79. The number of imide groups is 1. The first kappa shape index (κ1) is 17.4. The average molecular weight is 298 g/mol. The van der Waals surface area contributed by atoms with Crippen molar-refractivity contribution in [2.45, 2.75) is 39.2 Å². The van der Waals surface area contributed by atoms with Crippen LogP contribution in [0.4, 0.5) is 4.79 Å². The Labute approximate surface area is 125 Å². The summed E-state index contributed by atoms with van der Waals surface area (Å²) in [5, 5.41) is 2.45. The van der Waals surface area contributed by atoms with Crippen LogP contribution < -0.4 is 11.1 Å². The summed E-state index contributed by atoms with van der Waals surface area (Å²) < 4.78 is 0. The largest absolute Gasteiger partial charge is 0.346 e. The van der Waals surface area contributed by atoms with Crippen LogP contribution in [-0.2, 0) is 9.59 Å². The van der Waals surface area contributed by atoms with Gasteiger partial charge in [-0.15, -0.1) is 0 Å². The van der Waals surface area contributed by atoms with E-state index in [9.17, 15) is 14.4 Å². The van der Waals surface area contributed by atoms with Gasteiger partial charge in [-0.2, -0.15) is 0 Å². The van der Waals surface area contributed by atoms with Gasteiger partial charge in [0.05, 0.1) is 6.54 Å². The Bertz CT molecular complexity index is 382. The molecule has 4 amide bonds. The van der Waals surface area contributed by atoms with Crippen molar-refractivity contribution in [3.8, 4) is 0 Å². The van der Waals surface area contributed by atoms with E-state index in [2.05, 4.69) is 19.2 Å². The Balaban J connectivity index is 2.23. The zero-order chi connectivity index (χ0) is 16.0. The summed E-state index contributed by atoms with van der Waals surface area (Å²) in [7, 11) is 1.75. The molecule has 1 fully saturated rings. The number of nitrogens with two attached hydrogens (primary N) is 1. The lowest BCUT2D eigenvalue weighted by atomic mass is 10.0. The molecule has 0 aromatic carbocycles. The number of carbonyl (C=O) groups excluding carboxylic acids is 3. The molecule has 1 rings (SSSR count). The SMILES string of the molecule is CC(C)C(N)CCN(C)C(=O)CCCN1C(=O)CNC1=O. The van der Waals surface area contributed by atoms with Crippen LogP contribution in [0.3, 0.4) is 0 Å². The van der Waals surface area contributed by atoms with Gasteiger partial charge in [-0.1, -0.05) is 13.8 Å². The number of urea groups is 1. The van der Waals surface area contributed by atoms with Crippen molar-refractivity contribution >= 4 is 17.8 Å². The number of nitrogens with zero attached hydrogens (tertiary/aromatic N) is 2. The predicted octanol–water partition coefficient (Wildman–Crippen LogP) is 0.150. The van der Waals surface area contributed by atoms with E-state index in [-0.39, 0.29) is 37.0 Å². The summed E-state index contributed by atoms with van der Waals surface area (Å²) in [6, 6.07) is -0.283. The molecule has 1 atom stereocenters. The summed E-state index contributed by atoms with van der Waals surface area (Å²) in [4.78, 5) is 37.4. The Hall–Kier alpha value is -1.63. The van der Waals surface area contributed by atoms with E-state index in [4.69, 9.17) is 5.73 Å². The van der Waals surface area contributed by atoms with Crippen molar-refractivity contribution in [3.63, 3.8) is 0 Å². The van der Waals surface area contributed by atoms with Crippen LogP contribution in [-0.4, -0.2) is 60.4 Å². The van der Waals surface area contributed by atoms with E-state index >= 15 is 0 Å². The summed E-state index contributed by atoms with van der Waals surface area (Å²) >= 11 is 0. The van der Waals surface area contributed by atoms with E-state index in [1.165, 1.54) is 0 Å². The van der Waals surface area contributed by atoms with Gasteiger partial charge in [-0.05, 0) is 18.8 Å². The van der Waals surface area contributed by atoms with Crippen LogP contribution in [0.25, 0.3) is 0 Å². The Kier molecular flexibility index (Phi) is 6.61. The molecule has 0 spiro atoms. The van der Waals surface area contributed by atoms with Crippen molar-refractivity contribution in [1.29, 1.82) is 0 Å². The highest BCUT2D eigenvalue weighted by molar-refractivity contribution is 6.01.